The highest BCUT2D eigenvalue weighted by molar-refractivity contribution is 7.17. The van der Waals surface area contributed by atoms with E-state index in [-0.39, 0.29) is 5.91 Å². The summed E-state index contributed by atoms with van der Waals surface area (Å²) in [5.74, 6) is 0.101. The van der Waals surface area contributed by atoms with Crippen molar-refractivity contribution in [2.75, 3.05) is 20.1 Å². The van der Waals surface area contributed by atoms with Gasteiger partial charge < -0.3 is 5.32 Å². The van der Waals surface area contributed by atoms with Crippen LogP contribution in [-0.2, 0) is 11.3 Å². The highest BCUT2D eigenvalue weighted by Gasteiger charge is 2.09. The van der Waals surface area contributed by atoms with Crippen molar-refractivity contribution >= 4 is 27.3 Å². The summed E-state index contributed by atoms with van der Waals surface area (Å²) in [6.07, 6.45) is 0.977. The third-order valence-electron chi connectivity index (χ3n) is 2.99. The van der Waals surface area contributed by atoms with E-state index in [0.29, 0.717) is 6.54 Å². The minimum absolute atomic E-state index is 0.101. The number of nitrogens with zero attached hydrogens (tertiary/aromatic N) is 1. The zero-order valence-electron chi connectivity index (χ0n) is 11.5. The Kier molecular flexibility index (Phi) is 4.93. The summed E-state index contributed by atoms with van der Waals surface area (Å²) in [5, 5.41) is 6.39. The second-order valence-corrected chi connectivity index (χ2v) is 5.69. The second kappa shape index (κ2) is 6.68. The fourth-order valence-electron chi connectivity index (χ4n) is 2.07. The molecule has 0 aliphatic carbocycles. The summed E-state index contributed by atoms with van der Waals surface area (Å²) < 4.78 is 1.31. The molecule has 1 N–H and O–H groups in total. The van der Waals surface area contributed by atoms with E-state index in [9.17, 15) is 4.79 Å². The first-order valence-electron chi connectivity index (χ1n) is 6.61. The average molecular weight is 276 g/mol. The maximum Gasteiger partial charge on any atom is 0.234 e. The molecule has 1 aromatic carbocycles. The summed E-state index contributed by atoms with van der Waals surface area (Å²) in [4.78, 5) is 13.7. The van der Waals surface area contributed by atoms with Gasteiger partial charge in [-0.1, -0.05) is 25.1 Å². The predicted molar refractivity (Wildman–Crippen MR) is 81.5 cm³/mol. The molecule has 102 valence electrons. The number of benzene rings is 1. The monoisotopic (exact) mass is 276 g/mol. The van der Waals surface area contributed by atoms with Gasteiger partial charge >= 0.3 is 0 Å². The minimum atomic E-state index is 0.101. The predicted octanol–water partition coefficient (Wildman–Crippen LogP) is 2.86. The van der Waals surface area contributed by atoms with Crippen LogP contribution in [0.1, 0.15) is 18.9 Å². The quantitative estimate of drug-likeness (QED) is 0.880. The molecule has 0 aliphatic rings. The fourth-order valence-corrected chi connectivity index (χ4v) is 3.02. The number of hydrogen-bond acceptors (Lipinski definition) is 3. The van der Waals surface area contributed by atoms with Gasteiger partial charge in [0.05, 0.1) is 6.54 Å². The zero-order valence-corrected chi connectivity index (χ0v) is 12.3. The number of carbonyl (C=O) groups is 1. The van der Waals surface area contributed by atoms with Crippen LogP contribution in [0.25, 0.3) is 10.1 Å². The third kappa shape index (κ3) is 3.78. The van der Waals surface area contributed by atoms with E-state index in [0.717, 1.165) is 19.5 Å². The lowest BCUT2D eigenvalue weighted by Crippen LogP contribution is -2.35. The van der Waals surface area contributed by atoms with E-state index in [2.05, 4.69) is 46.8 Å². The van der Waals surface area contributed by atoms with E-state index < -0.39 is 0 Å². The van der Waals surface area contributed by atoms with Crippen LogP contribution in [0.3, 0.4) is 0 Å². The van der Waals surface area contributed by atoms with Crippen molar-refractivity contribution in [3.05, 3.63) is 35.2 Å². The van der Waals surface area contributed by atoms with Crippen LogP contribution in [0, 0.1) is 0 Å². The van der Waals surface area contributed by atoms with Gasteiger partial charge in [-0.15, -0.1) is 11.3 Å². The van der Waals surface area contributed by atoms with Crippen molar-refractivity contribution < 1.29 is 4.79 Å². The van der Waals surface area contributed by atoms with Crippen LogP contribution in [0.5, 0.6) is 0 Å². The Bertz CT molecular complexity index is 550. The summed E-state index contributed by atoms with van der Waals surface area (Å²) in [7, 11) is 1.98. The van der Waals surface area contributed by atoms with E-state index in [4.69, 9.17) is 0 Å². The molecule has 1 amide bonds. The minimum Gasteiger partial charge on any atom is -0.355 e. The molecule has 0 fully saturated rings. The Labute approximate surface area is 118 Å². The topological polar surface area (TPSA) is 32.3 Å². The highest BCUT2D eigenvalue weighted by atomic mass is 32.1. The summed E-state index contributed by atoms with van der Waals surface area (Å²) in [6, 6.07) is 8.40. The first-order chi connectivity index (χ1) is 9.20. The maximum atomic E-state index is 11.7. The molecule has 0 spiro atoms. The molecule has 19 heavy (non-hydrogen) atoms. The molecule has 2 rings (SSSR count). The van der Waals surface area contributed by atoms with Crippen molar-refractivity contribution in [1.82, 2.24) is 10.2 Å². The van der Waals surface area contributed by atoms with Crippen LogP contribution in [0.2, 0.25) is 0 Å². The van der Waals surface area contributed by atoms with Gasteiger partial charge in [0.25, 0.3) is 0 Å². The Morgan fingerprint density at radius 2 is 2.16 bits per heavy atom. The summed E-state index contributed by atoms with van der Waals surface area (Å²) in [5.41, 5.74) is 1.30. The molecule has 1 aromatic heterocycles. The molecule has 0 atom stereocenters. The van der Waals surface area contributed by atoms with Gasteiger partial charge in [-0.25, -0.2) is 0 Å². The molecule has 0 saturated carbocycles. The van der Waals surface area contributed by atoms with Crippen LogP contribution >= 0.6 is 11.3 Å². The van der Waals surface area contributed by atoms with Gasteiger partial charge in [0, 0.05) is 17.8 Å². The van der Waals surface area contributed by atoms with Gasteiger partial charge in [0.15, 0.2) is 0 Å². The molecule has 1 heterocycles. The molecule has 0 saturated heterocycles. The largest absolute Gasteiger partial charge is 0.355 e. The number of rotatable bonds is 6. The number of amides is 1. The molecule has 4 heteroatoms. The number of likely N-dealkylation sites (N-methyl/N-ethyl adjacent to an activating group) is 1. The molecular weight excluding hydrogens is 256 g/mol. The van der Waals surface area contributed by atoms with Crippen molar-refractivity contribution in [3.8, 4) is 0 Å². The summed E-state index contributed by atoms with van der Waals surface area (Å²) >= 11 is 1.76. The SMILES string of the molecule is CCCNC(=O)CN(C)Cc1csc2ccccc12. The van der Waals surface area contributed by atoms with E-state index in [1.807, 2.05) is 7.05 Å². The second-order valence-electron chi connectivity index (χ2n) is 4.78. The fraction of sp³-hybridized carbons (Fsp3) is 0.400. The van der Waals surface area contributed by atoms with E-state index in [1.165, 1.54) is 15.6 Å². The van der Waals surface area contributed by atoms with Crippen LogP contribution in [-0.4, -0.2) is 30.9 Å². The van der Waals surface area contributed by atoms with E-state index >= 15 is 0 Å². The van der Waals surface area contributed by atoms with E-state index in [1.54, 1.807) is 11.3 Å². The van der Waals surface area contributed by atoms with Gasteiger partial charge in [-0.05, 0) is 35.9 Å². The van der Waals surface area contributed by atoms with Gasteiger partial charge in [-0.3, -0.25) is 9.69 Å². The maximum absolute atomic E-state index is 11.7. The van der Waals surface area contributed by atoms with Crippen molar-refractivity contribution in [1.29, 1.82) is 0 Å². The number of thiophene rings is 1. The first kappa shape index (κ1) is 14.0. The van der Waals surface area contributed by atoms with Crippen molar-refractivity contribution in [2.24, 2.45) is 0 Å². The first-order valence-corrected chi connectivity index (χ1v) is 7.49. The van der Waals surface area contributed by atoms with Crippen LogP contribution in [0.15, 0.2) is 29.6 Å². The lowest BCUT2D eigenvalue weighted by molar-refractivity contribution is -0.122. The Hall–Kier alpha value is -1.39. The Morgan fingerprint density at radius 3 is 2.95 bits per heavy atom. The molecule has 0 bridgehead atoms. The van der Waals surface area contributed by atoms with Gasteiger partial charge in [0.2, 0.25) is 5.91 Å². The summed E-state index contributed by atoms with van der Waals surface area (Å²) in [6.45, 7) is 4.07. The molecule has 0 unspecified atom stereocenters. The third-order valence-corrected chi connectivity index (χ3v) is 4.00. The van der Waals surface area contributed by atoms with Crippen molar-refractivity contribution in [2.45, 2.75) is 19.9 Å². The standard InChI is InChI=1S/C15H20N2OS/c1-3-8-16-15(18)10-17(2)9-12-11-19-14-7-5-4-6-13(12)14/h4-7,11H,3,8-10H2,1-2H3,(H,16,18). The Balaban J connectivity index is 1.95. The number of carbonyl (C=O) groups excluding carboxylic acids is 1. The molecule has 0 aliphatic heterocycles. The number of fused-ring (bicyclic) bond motifs is 1. The van der Waals surface area contributed by atoms with Gasteiger partial charge in [0.1, 0.15) is 0 Å². The molecular formula is C15H20N2OS. The van der Waals surface area contributed by atoms with Crippen molar-refractivity contribution in [3.63, 3.8) is 0 Å². The average Bonchev–Trinajstić information content (AvgIpc) is 2.80. The lowest BCUT2D eigenvalue weighted by atomic mass is 10.2. The van der Waals surface area contributed by atoms with Crippen LogP contribution in [0.4, 0.5) is 0 Å². The van der Waals surface area contributed by atoms with Crippen LogP contribution < -0.4 is 5.32 Å². The normalized spacial score (nSPS) is 11.1. The molecule has 2 aromatic rings. The number of nitrogens with one attached hydrogen (secondary N) is 1. The molecule has 3 nitrogen and oxygen atoms in total. The smallest absolute Gasteiger partial charge is 0.234 e. The zero-order chi connectivity index (χ0) is 13.7. The molecule has 0 radical (unpaired) electrons. The lowest BCUT2D eigenvalue weighted by Gasteiger charge is -2.15. The van der Waals surface area contributed by atoms with Gasteiger partial charge in [-0.2, -0.15) is 0 Å². The number of hydrogen-bond donors (Lipinski definition) is 1. The highest BCUT2D eigenvalue weighted by Crippen LogP contribution is 2.26. The Morgan fingerprint density at radius 1 is 1.37 bits per heavy atom.